The molecule has 28 heavy (non-hydrogen) atoms. The number of aryl methyl sites for hydroxylation is 2. The van der Waals surface area contributed by atoms with Crippen LogP contribution in [0.15, 0.2) is 21.4 Å². The van der Waals surface area contributed by atoms with Gasteiger partial charge in [0.25, 0.3) is 0 Å². The van der Waals surface area contributed by atoms with Gasteiger partial charge in [-0.1, -0.05) is 39.3 Å². The van der Waals surface area contributed by atoms with Crippen LogP contribution in [-0.4, -0.2) is 5.78 Å². The van der Waals surface area contributed by atoms with Gasteiger partial charge < -0.3 is 4.42 Å². The van der Waals surface area contributed by atoms with E-state index in [1.165, 1.54) is 11.1 Å². The lowest BCUT2D eigenvalue weighted by atomic mass is 9.85. The fraction of sp³-hybridized carbons (Fsp3) is 0.520. The number of ketones is 1. The van der Waals surface area contributed by atoms with Gasteiger partial charge in [-0.25, -0.2) is 4.79 Å². The molecule has 0 aliphatic heterocycles. The highest BCUT2D eigenvalue weighted by Gasteiger charge is 2.30. The number of carbonyl (C=O) groups excluding carboxylic acids is 1. The third kappa shape index (κ3) is 3.36. The van der Waals surface area contributed by atoms with Crippen molar-refractivity contribution < 1.29 is 9.21 Å². The Balaban J connectivity index is 2.11. The largest absolute Gasteiger partial charge is 0.422 e. The molecule has 2 unspecified atom stereocenters. The third-order valence-electron chi connectivity index (χ3n) is 6.46. The Kier molecular flexibility index (Phi) is 5.27. The molecule has 0 fully saturated rings. The lowest BCUT2D eigenvalue weighted by Gasteiger charge is -2.19. The zero-order chi connectivity index (χ0) is 19.8. The van der Waals surface area contributed by atoms with Crippen molar-refractivity contribution in [3.05, 3.63) is 50.4 Å². The minimum Gasteiger partial charge on any atom is -0.422 e. The average molecular weight is 379 g/mol. The van der Waals surface area contributed by atoms with Crippen molar-refractivity contribution in [1.82, 2.24) is 0 Å². The molecule has 0 N–H and O–H groups in total. The van der Waals surface area contributed by atoms with Crippen LogP contribution in [0.2, 0.25) is 0 Å². The molecule has 3 nitrogen and oxygen atoms in total. The molecule has 2 aromatic rings. The normalized spacial score (nSPS) is 21.9. The van der Waals surface area contributed by atoms with E-state index < -0.39 is 0 Å². The number of unbranched alkanes of at least 4 members (excludes halogenated alkanes) is 1. The van der Waals surface area contributed by atoms with E-state index in [1.54, 1.807) is 6.07 Å². The lowest BCUT2D eigenvalue weighted by molar-refractivity contribution is 0.0967. The molecule has 1 aromatic carbocycles. The maximum absolute atomic E-state index is 13.2. The van der Waals surface area contributed by atoms with Gasteiger partial charge in [0.1, 0.15) is 5.58 Å². The van der Waals surface area contributed by atoms with Crippen LogP contribution >= 0.6 is 0 Å². The lowest BCUT2D eigenvalue weighted by Crippen LogP contribution is -2.12. The molecular formula is C25H30O3. The van der Waals surface area contributed by atoms with Crippen molar-refractivity contribution in [2.24, 2.45) is 11.8 Å². The summed E-state index contributed by atoms with van der Waals surface area (Å²) >= 11 is 0. The average Bonchev–Trinajstić information content (AvgIpc) is 2.93. The summed E-state index contributed by atoms with van der Waals surface area (Å²) in [6, 6.07) is 1.66. The van der Waals surface area contributed by atoms with E-state index in [1.807, 2.05) is 0 Å². The summed E-state index contributed by atoms with van der Waals surface area (Å²) in [7, 11) is 0. The fourth-order valence-corrected chi connectivity index (χ4v) is 4.86. The molecule has 0 saturated carbocycles. The number of rotatable bonds is 3. The van der Waals surface area contributed by atoms with Gasteiger partial charge in [-0.15, -0.1) is 0 Å². The molecule has 3 heteroatoms. The summed E-state index contributed by atoms with van der Waals surface area (Å²) < 4.78 is 5.78. The van der Waals surface area contributed by atoms with Crippen LogP contribution in [0.5, 0.6) is 0 Å². The van der Waals surface area contributed by atoms with E-state index in [4.69, 9.17) is 4.42 Å². The molecule has 0 radical (unpaired) electrons. The summed E-state index contributed by atoms with van der Waals surface area (Å²) in [5.74, 6) is 0.997. The Morgan fingerprint density at radius 2 is 1.89 bits per heavy atom. The Morgan fingerprint density at radius 3 is 2.68 bits per heavy atom. The maximum atomic E-state index is 13.2. The van der Waals surface area contributed by atoms with Crippen molar-refractivity contribution in [1.29, 1.82) is 0 Å². The van der Waals surface area contributed by atoms with Crippen LogP contribution in [0.4, 0.5) is 0 Å². The van der Waals surface area contributed by atoms with Gasteiger partial charge in [0.05, 0.1) is 5.56 Å². The number of Topliss-reactive ketones (excluding diaryl/α,β-unsaturated/α-hetero) is 1. The van der Waals surface area contributed by atoms with Crippen LogP contribution < -0.4 is 5.63 Å². The maximum Gasteiger partial charge on any atom is 0.336 e. The summed E-state index contributed by atoms with van der Waals surface area (Å²) in [6.45, 7) is 6.55. The van der Waals surface area contributed by atoms with Gasteiger partial charge in [0.15, 0.2) is 5.78 Å². The summed E-state index contributed by atoms with van der Waals surface area (Å²) in [5.41, 5.74) is 5.59. The van der Waals surface area contributed by atoms with Gasteiger partial charge in [0, 0.05) is 17.9 Å². The SMILES string of the molecule is CCCCc1cc(=O)oc2c3c(c4c(c12)CCC(C)C=C4)CCC(C)CC3=O. The molecular weight excluding hydrogens is 348 g/mol. The van der Waals surface area contributed by atoms with Gasteiger partial charge >= 0.3 is 5.63 Å². The zero-order valence-corrected chi connectivity index (χ0v) is 17.3. The van der Waals surface area contributed by atoms with Gasteiger partial charge in [-0.3, -0.25) is 4.79 Å². The van der Waals surface area contributed by atoms with Crippen LogP contribution in [0, 0.1) is 11.8 Å². The van der Waals surface area contributed by atoms with E-state index in [9.17, 15) is 9.59 Å². The Labute approximate surface area is 166 Å². The molecule has 148 valence electrons. The van der Waals surface area contributed by atoms with Crippen molar-refractivity contribution in [2.75, 3.05) is 0 Å². The van der Waals surface area contributed by atoms with E-state index in [0.717, 1.165) is 61.5 Å². The van der Waals surface area contributed by atoms with Crippen LogP contribution in [-0.2, 0) is 19.3 Å². The first-order valence-corrected chi connectivity index (χ1v) is 10.8. The molecule has 0 amide bonds. The predicted octanol–water partition coefficient (Wildman–Crippen LogP) is 5.89. The van der Waals surface area contributed by atoms with Crippen molar-refractivity contribution in [2.45, 2.75) is 72.1 Å². The second-order valence-corrected chi connectivity index (χ2v) is 8.79. The van der Waals surface area contributed by atoms with Crippen LogP contribution in [0.3, 0.4) is 0 Å². The molecule has 2 aliphatic carbocycles. The third-order valence-corrected chi connectivity index (χ3v) is 6.46. The van der Waals surface area contributed by atoms with E-state index in [-0.39, 0.29) is 11.4 Å². The fourth-order valence-electron chi connectivity index (χ4n) is 4.86. The molecule has 0 saturated heterocycles. The molecule has 4 rings (SSSR count). The first kappa shape index (κ1) is 19.2. The van der Waals surface area contributed by atoms with E-state index >= 15 is 0 Å². The molecule has 2 atom stereocenters. The zero-order valence-electron chi connectivity index (χ0n) is 17.3. The summed E-state index contributed by atoms with van der Waals surface area (Å²) in [4.78, 5) is 25.6. The smallest absolute Gasteiger partial charge is 0.336 e. The van der Waals surface area contributed by atoms with Crippen molar-refractivity contribution in [3.63, 3.8) is 0 Å². The Morgan fingerprint density at radius 1 is 1.11 bits per heavy atom. The second kappa shape index (κ2) is 7.69. The molecule has 0 bridgehead atoms. The summed E-state index contributed by atoms with van der Waals surface area (Å²) in [5, 5.41) is 1.04. The number of carbonyl (C=O) groups is 1. The van der Waals surface area contributed by atoms with Crippen molar-refractivity contribution in [3.8, 4) is 0 Å². The number of benzene rings is 1. The Bertz CT molecular complexity index is 1010. The monoisotopic (exact) mass is 378 g/mol. The number of fused-ring (bicyclic) bond motifs is 6. The number of allylic oxidation sites excluding steroid dienone is 1. The highest BCUT2D eigenvalue weighted by Crippen LogP contribution is 2.40. The summed E-state index contributed by atoms with van der Waals surface area (Å²) in [6.07, 6.45) is 11.9. The second-order valence-electron chi connectivity index (χ2n) is 8.79. The van der Waals surface area contributed by atoms with Gasteiger partial charge in [0.2, 0.25) is 0 Å². The molecule has 0 spiro atoms. The topological polar surface area (TPSA) is 47.3 Å². The molecule has 2 aliphatic rings. The highest BCUT2D eigenvalue weighted by molar-refractivity contribution is 6.10. The minimum atomic E-state index is -0.330. The standard InChI is InChI=1S/C25H30O3/c1-4-5-6-17-14-22(27)28-25-23(17)19-11-8-15(2)7-10-18(19)20-12-9-16(3)13-21(26)24(20)25/h7,10,14-16H,4-6,8-9,11-13H2,1-3H3. The number of hydrogen-bond donors (Lipinski definition) is 0. The van der Waals surface area contributed by atoms with Crippen molar-refractivity contribution >= 4 is 22.8 Å². The minimum absolute atomic E-state index is 0.134. The molecule has 1 heterocycles. The van der Waals surface area contributed by atoms with Gasteiger partial charge in [-0.05, 0) is 72.6 Å². The van der Waals surface area contributed by atoms with E-state index in [0.29, 0.717) is 29.4 Å². The first-order chi connectivity index (χ1) is 13.5. The highest BCUT2D eigenvalue weighted by atomic mass is 16.4. The number of hydrogen-bond acceptors (Lipinski definition) is 3. The quantitative estimate of drug-likeness (QED) is 0.494. The Hall–Kier alpha value is -2.16. The molecule has 1 aromatic heterocycles. The van der Waals surface area contributed by atoms with Crippen LogP contribution in [0.1, 0.15) is 85.5 Å². The van der Waals surface area contributed by atoms with Crippen LogP contribution in [0.25, 0.3) is 17.0 Å². The van der Waals surface area contributed by atoms with Gasteiger partial charge in [-0.2, -0.15) is 0 Å². The first-order valence-electron chi connectivity index (χ1n) is 10.8. The van der Waals surface area contributed by atoms with E-state index in [2.05, 4.69) is 32.9 Å². The predicted molar refractivity (Wildman–Crippen MR) is 114 cm³/mol.